The van der Waals surface area contributed by atoms with E-state index in [1.54, 1.807) is 0 Å². The number of benzene rings is 1. The molecule has 1 rings (SSSR count). The normalized spacial score (nSPS) is 11.8. The maximum Gasteiger partial charge on any atom is 0.418 e. The van der Waals surface area contributed by atoms with Crippen molar-refractivity contribution in [2.24, 2.45) is 0 Å². The highest BCUT2D eigenvalue weighted by atomic mass is 19.4. The van der Waals surface area contributed by atoms with Crippen LogP contribution in [0.15, 0.2) is 6.07 Å². The summed E-state index contributed by atoms with van der Waals surface area (Å²) >= 11 is 0. The first-order chi connectivity index (χ1) is 9.07. The van der Waals surface area contributed by atoms with Crippen LogP contribution in [0.3, 0.4) is 0 Å². The molecule has 1 aromatic carbocycles. The van der Waals surface area contributed by atoms with Crippen LogP contribution in [0.2, 0.25) is 0 Å². The number of rotatable bonds is 1. The number of halogens is 6. The van der Waals surface area contributed by atoms with Crippen molar-refractivity contribution >= 4 is 0 Å². The molecular formula is C12H6F6N2. The summed E-state index contributed by atoms with van der Waals surface area (Å²) in [7, 11) is 0. The summed E-state index contributed by atoms with van der Waals surface area (Å²) in [4.78, 5) is 0. The van der Waals surface area contributed by atoms with Crippen molar-refractivity contribution in [3.63, 3.8) is 0 Å². The van der Waals surface area contributed by atoms with Gasteiger partial charge in [0.2, 0.25) is 0 Å². The zero-order chi connectivity index (χ0) is 15.7. The van der Waals surface area contributed by atoms with Crippen molar-refractivity contribution in [1.29, 1.82) is 10.5 Å². The molecule has 106 valence electrons. The molecule has 0 heterocycles. The Kier molecular flexibility index (Phi) is 3.99. The lowest BCUT2D eigenvalue weighted by Crippen LogP contribution is -2.20. The van der Waals surface area contributed by atoms with Crippen LogP contribution in [-0.4, -0.2) is 0 Å². The van der Waals surface area contributed by atoms with E-state index in [1.165, 1.54) is 13.0 Å². The van der Waals surface area contributed by atoms with Crippen LogP contribution < -0.4 is 0 Å². The van der Waals surface area contributed by atoms with Gasteiger partial charge >= 0.3 is 12.4 Å². The second-order valence-electron chi connectivity index (χ2n) is 3.78. The predicted octanol–water partition coefficient (Wildman–Crippen LogP) is 4.03. The van der Waals surface area contributed by atoms with E-state index in [-0.39, 0.29) is 18.1 Å². The van der Waals surface area contributed by atoms with Crippen molar-refractivity contribution in [1.82, 2.24) is 0 Å². The van der Waals surface area contributed by atoms with Crippen molar-refractivity contribution in [3.8, 4) is 12.1 Å². The van der Waals surface area contributed by atoms with Gasteiger partial charge in [0.25, 0.3) is 0 Å². The first kappa shape index (κ1) is 15.8. The molecule has 0 aliphatic heterocycles. The highest BCUT2D eigenvalue weighted by Gasteiger charge is 2.46. The first-order valence-corrected chi connectivity index (χ1v) is 5.22. The maximum atomic E-state index is 12.8. The lowest BCUT2D eigenvalue weighted by atomic mass is 9.91. The second-order valence-corrected chi connectivity index (χ2v) is 3.78. The third-order valence-corrected chi connectivity index (χ3v) is 2.60. The maximum absolute atomic E-state index is 12.8. The summed E-state index contributed by atoms with van der Waals surface area (Å²) in [6.45, 7) is 1.38. The summed E-state index contributed by atoms with van der Waals surface area (Å²) < 4.78 is 76.7. The minimum atomic E-state index is -5.38. The van der Waals surface area contributed by atoms with Gasteiger partial charge in [0, 0.05) is 0 Å². The van der Waals surface area contributed by atoms with E-state index in [0.717, 1.165) is 6.07 Å². The average molecular weight is 292 g/mol. The molecule has 0 unspecified atom stereocenters. The summed E-state index contributed by atoms with van der Waals surface area (Å²) in [6.07, 6.45) is -10.7. The number of hydrogen-bond acceptors (Lipinski definition) is 2. The molecule has 0 N–H and O–H groups in total. The van der Waals surface area contributed by atoms with Crippen LogP contribution in [-0.2, 0) is 18.8 Å². The summed E-state index contributed by atoms with van der Waals surface area (Å²) in [5.41, 5.74) is -6.26. The van der Waals surface area contributed by atoms with E-state index in [9.17, 15) is 26.3 Å². The van der Waals surface area contributed by atoms with Crippen LogP contribution in [0.1, 0.15) is 34.7 Å². The molecule has 20 heavy (non-hydrogen) atoms. The molecule has 8 heteroatoms. The molecule has 0 amide bonds. The fourth-order valence-electron chi connectivity index (χ4n) is 1.78. The molecule has 0 fully saturated rings. The first-order valence-electron chi connectivity index (χ1n) is 5.22. The van der Waals surface area contributed by atoms with Gasteiger partial charge in [-0.25, -0.2) is 0 Å². The standard InChI is InChI=1S/C12H6F6N2/c1-2-6-3-9(11(13,14)15)10(12(16,17)18)8(5-20)7(6)4-19/h3H,2H2,1H3. The number of alkyl halides is 6. The third-order valence-electron chi connectivity index (χ3n) is 2.60. The Bertz CT molecular complexity index is 613. The van der Waals surface area contributed by atoms with Crippen molar-refractivity contribution in [3.05, 3.63) is 33.9 Å². The Morgan fingerprint density at radius 3 is 1.75 bits per heavy atom. The molecule has 0 atom stereocenters. The molecule has 0 saturated carbocycles. The molecule has 1 aromatic rings. The Labute approximate surface area is 109 Å². The average Bonchev–Trinajstić information content (AvgIpc) is 2.33. The summed E-state index contributed by atoms with van der Waals surface area (Å²) in [5, 5.41) is 17.5. The van der Waals surface area contributed by atoms with Gasteiger partial charge < -0.3 is 0 Å². The molecule has 0 bridgehead atoms. The van der Waals surface area contributed by atoms with E-state index in [2.05, 4.69) is 0 Å². The number of nitrogens with zero attached hydrogens (tertiary/aromatic N) is 2. The smallest absolute Gasteiger partial charge is 0.192 e. The van der Waals surface area contributed by atoms with Crippen LogP contribution in [0, 0.1) is 22.7 Å². The minimum Gasteiger partial charge on any atom is -0.192 e. The lowest BCUT2D eigenvalue weighted by Gasteiger charge is -2.19. The molecular weight excluding hydrogens is 286 g/mol. The lowest BCUT2D eigenvalue weighted by molar-refractivity contribution is -0.162. The minimum absolute atomic E-state index is 0.0984. The number of hydrogen-bond donors (Lipinski definition) is 0. The third kappa shape index (κ3) is 2.69. The van der Waals surface area contributed by atoms with E-state index >= 15 is 0 Å². The van der Waals surface area contributed by atoms with E-state index in [4.69, 9.17) is 10.5 Å². The van der Waals surface area contributed by atoms with Gasteiger partial charge in [-0.15, -0.1) is 0 Å². The SMILES string of the molecule is CCc1cc(C(F)(F)F)c(C(F)(F)F)c(C#N)c1C#N. The molecule has 0 aliphatic rings. The number of aryl methyl sites for hydroxylation is 1. The Balaban J connectivity index is 3.98. The molecule has 0 aromatic heterocycles. The topological polar surface area (TPSA) is 47.6 Å². The van der Waals surface area contributed by atoms with E-state index < -0.39 is 34.6 Å². The van der Waals surface area contributed by atoms with Crippen LogP contribution in [0.5, 0.6) is 0 Å². The van der Waals surface area contributed by atoms with E-state index in [1.807, 2.05) is 0 Å². The van der Waals surface area contributed by atoms with Crippen LogP contribution in [0.4, 0.5) is 26.3 Å². The highest BCUT2D eigenvalue weighted by Crippen LogP contribution is 2.43. The van der Waals surface area contributed by atoms with Gasteiger partial charge in [-0.05, 0) is 18.1 Å². The molecule has 0 radical (unpaired) electrons. The second kappa shape index (κ2) is 5.04. The van der Waals surface area contributed by atoms with Crippen LogP contribution >= 0.6 is 0 Å². The zero-order valence-electron chi connectivity index (χ0n) is 9.95. The largest absolute Gasteiger partial charge is 0.418 e. The monoisotopic (exact) mass is 292 g/mol. The van der Waals surface area contributed by atoms with Crippen molar-refractivity contribution in [2.75, 3.05) is 0 Å². The highest BCUT2D eigenvalue weighted by molar-refractivity contribution is 5.59. The van der Waals surface area contributed by atoms with Crippen LogP contribution in [0.25, 0.3) is 0 Å². The van der Waals surface area contributed by atoms with Gasteiger partial charge in [0.15, 0.2) is 0 Å². The van der Waals surface area contributed by atoms with Gasteiger partial charge in [0.1, 0.15) is 12.1 Å². The van der Waals surface area contributed by atoms with Gasteiger partial charge in [-0.3, -0.25) is 0 Å². The fraction of sp³-hybridized carbons (Fsp3) is 0.333. The Hall–Kier alpha value is -2.22. The number of nitriles is 2. The van der Waals surface area contributed by atoms with Crippen molar-refractivity contribution < 1.29 is 26.3 Å². The van der Waals surface area contributed by atoms with Gasteiger partial charge in [-0.2, -0.15) is 36.9 Å². The Morgan fingerprint density at radius 1 is 0.950 bits per heavy atom. The predicted molar refractivity (Wildman–Crippen MR) is 55.3 cm³/mol. The summed E-state index contributed by atoms with van der Waals surface area (Å²) in [6, 6.07) is 2.71. The fourth-order valence-corrected chi connectivity index (χ4v) is 1.78. The summed E-state index contributed by atoms with van der Waals surface area (Å²) in [5.74, 6) is 0. The molecule has 0 spiro atoms. The van der Waals surface area contributed by atoms with Gasteiger partial charge in [0.05, 0.1) is 22.3 Å². The Morgan fingerprint density at radius 2 is 1.45 bits per heavy atom. The van der Waals surface area contributed by atoms with E-state index in [0.29, 0.717) is 0 Å². The molecule has 0 saturated heterocycles. The molecule has 2 nitrogen and oxygen atoms in total. The zero-order valence-corrected chi connectivity index (χ0v) is 9.95. The van der Waals surface area contributed by atoms with Gasteiger partial charge in [-0.1, -0.05) is 6.92 Å². The van der Waals surface area contributed by atoms with Crippen molar-refractivity contribution in [2.45, 2.75) is 25.7 Å². The quantitative estimate of drug-likeness (QED) is 0.734. The molecule has 0 aliphatic carbocycles.